The van der Waals surface area contributed by atoms with Gasteiger partial charge in [-0.3, -0.25) is 4.79 Å². The summed E-state index contributed by atoms with van der Waals surface area (Å²) in [4.78, 5) is 13.3. The molecule has 0 atom stereocenters. The number of halogens is 4. The summed E-state index contributed by atoms with van der Waals surface area (Å²) in [5.41, 5.74) is -1.19. The molecule has 0 spiro atoms. The average molecular weight is 413 g/mol. The minimum Gasteiger partial charge on any atom is -0.346 e. The van der Waals surface area contributed by atoms with E-state index in [0.717, 1.165) is 16.4 Å². The van der Waals surface area contributed by atoms with Crippen molar-refractivity contribution in [3.05, 3.63) is 28.8 Å². The first kappa shape index (κ1) is 21.0. The largest absolute Gasteiger partial charge is 0.417 e. The van der Waals surface area contributed by atoms with Crippen molar-refractivity contribution >= 4 is 27.5 Å². The maximum Gasteiger partial charge on any atom is 0.417 e. The molecule has 1 heterocycles. The normalized spacial score (nSPS) is 17.3. The van der Waals surface area contributed by atoms with E-state index in [1.165, 1.54) is 0 Å². The summed E-state index contributed by atoms with van der Waals surface area (Å²) >= 11 is 5.54. The Kier molecular flexibility index (Phi) is 6.24. The highest BCUT2D eigenvalue weighted by Gasteiger charge is 2.37. The van der Waals surface area contributed by atoms with E-state index in [1.807, 2.05) is 6.92 Å². The van der Waals surface area contributed by atoms with Crippen LogP contribution in [-0.4, -0.2) is 50.2 Å². The van der Waals surface area contributed by atoms with Crippen LogP contribution >= 0.6 is 11.6 Å². The first-order valence-electron chi connectivity index (χ1n) is 8.10. The molecular formula is C16H20ClF3N2O3S. The van der Waals surface area contributed by atoms with Crippen molar-refractivity contribution in [2.24, 2.45) is 5.92 Å². The Morgan fingerprint density at radius 3 is 2.38 bits per heavy atom. The van der Waals surface area contributed by atoms with Gasteiger partial charge in [-0.15, -0.1) is 0 Å². The fourth-order valence-corrected chi connectivity index (χ4v) is 4.56. The minimum absolute atomic E-state index is 0.0459. The zero-order chi connectivity index (χ0) is 19.7. The van der Waals surface area contributed by atoms with E-state index in [2.05, 4.69) is 0 Å². The third-order valence-electron chi connectivity index (χ3n) is 4.53. The van der Waals surface area contributed by atoms with Crippen LogP contribution in [0.3, 0.4) is 0 Å². The van der Waals surface area contributed by atoms with Crippen LogP contribution in [0.25, 0.3) is 0 Å². The molecule has 1 amide bonds. The predicted molar refractivity (Wildman–Crippen MR) is 91.2 cm³/mol. The molecule has 1 aliphatic rings. The van der Waals surface area contributed by atoms with Gasteiger partial charge in [0.15, 0.2) is 0 Å². The molecule has 2 rings (SSSR count). The first-order chi connectivity index (χ1) is 12.0. The number of sulfonamides is 1. The zero-order valence-corrected chi connectivity index (χ0v) is 16.0. The lowest BCUT2D eigenvalue weighted by Gasteiger charge is -2.32. The summed E-state index contributed by atoms with van der Waals surface area (Å²) in [5, 5.41) is -0.552. The van der Waals surface area contributed by atoms with Crippen molar-refractivity contribution in [3.63, 3.8) is 0 Å². The van der Waals surface area contributed by atoms with Gasteiger partial charge in [0, 0.05) is 32.6 Å². The SMILES string of the molecule is CCN(C)C(=O)C1CCN(S(=O)(=O)c2ccc(Cl)c(C(F)(F)F)c2)CC1. The van der Waals surface area contributed by atoms with Gasteiger partial charge in [0.25, 0.3) is 0 Å². The predicted octanol–water partition coefficient (Wildman–Crippen LogP) is 3.24. The van der Waals surface area contributed by atoms with Gasteiger partial charge < -0.3 is 4.90 Å². The smallest absolute Gasteiger partial charge is 0.346 e. The lowest BCUT2D eigenvalue weighted by molar-refractivity contribution is -0.137. The van der Waals surface area contributed by atoms with Crippen LogP contribution in [0.1, 0.15) is 25.3 Å². The molecular weight excluding hydrogens is 393 g/mol. The van der Waals surface area contributed by atoms with Crippen LogP contribution < -0.4 is 0 Å². The number of benzene rings is 1. The number of carbonyl (C=O) groups is 1. The van der Waals surface area contributed by atoms with Crippen molar-refractivity contribution in [2.75, 3.05) is 26.7 Å². The van der Waals surface area contributed by atoms with E-state index in [4.69, 9.17) is 11.6 Å². The Hall–Kier alpha value is -1.32. The molecule has 1 aromatic carbocycles. The van der Waals surface area contributed by atoms with Gasteiger partial charge in [-0.05, 0) is 38.0 Å². The molecule has 10 heteroatoms. The topological polar surface area (TPSA) is 57.7 Å². The van der Waals surface area contributed by atoms with Crippen molar-refractivity contribution in [3.8, 4) is 0 Å². The van der Waals surface area contributed by atoms with Gasteiger partial charge >= 0.3 is 6.18 Å². The van der Waals surface area contributed by atoms with E-state index in [0.29, 0.717) is 25.5 Å². The average Bonchev–Trinajstić information content (AvgIpc) is 2.59. The van der Waals surface area contributed by atoms with Gasteiger partial charge in [0.1, 0.15) is 0 Å². The lowest BCUT2D eigenvalue weighted by atomic mass is 9.97. The van der Waals surface area contributed by atoms with E-state index < -0.39 is 31.7 Å². The molecule has 1 fully saturated rings. The summed E-state index contributed by atoms with van der Waals surface area (Å²) in [5.74, 6) is -0.322. The van der Waals surface area contributed by atoms with Gasteiger partial charge in [-0.1, -0.05) is 11.6 Å². The molecule has 1 aromatic rings. The van der Waals surface area contributed by atoms with Crippen LogP contribution in [0.2, 0.25) is 5.02 Å². The van der Waals surface area contributed by atoms with Crippen LogP contribution in [0, 0.1) is 5.92 Å². The summed E-state index contributed by atoms with van der Waals surface area (Å²) in [7, 11) is -2.41. The highest BCUT2D eigenvalue weighted by Crippen LogP contribution is 2.36. The molecule has 5 nitrogen and oxygen atoms in total. The van der Waals surface area contributed by atoms with Crippen LogP contribution in [0.4, 0.5) is 13.2 Å². The van der Waals surface area contributed by atoms with Gasteiger partial charge in [0.2, 0.25) is 15.9 Å². The fourth-order valence-electron chi connectivity index (χ4n) is 2.84. The molecule has 0 bridgehead atoms. The number of amides is 1. The van der Waals surface area contributed by atoms with E-state index in [9.17, 15) is 26.4 Å². The van der Waals surface area contributed by atoms with Crippen molar-refractivity contribution in [2.45, 2.75) is 30.8 Å². The highest BCUT2D eigenvalue weighted by atomic mass is 35.5. The first-order valence-corrected chi connectivity index (χ1v) is 9.92. The maximum absolute atomic E-state index is 13.0. The van der Waals surface area contributed by atoms with E-state index in [-0.39, 0.29) is 24.9 Å². The summed E-state index contributed by atoms with van der Waals surface area (Å²) < 4.78 is 65.4. The Morgan fingerprint density at radius 2 is 1.88 bits per heavy atom. The fraction of sp³-hybridized carbons (Fsp3) is 0.562. The molecule has 1 saturated heterocycles. The van der Waals surface area contributed by atoms with E-state index >= 15 is 0 Å². The lowest BCUT2D eigenvalue weighted by Crippen LogP contribution is -2.43. The van der Waals surface area contributed by atoms with E-state index in [1.54, 1.807) is 11.9 Å². The van der Waals surface area contributed by atoms with Gasteiger partial charge in [-0.2, -0.15) is 17.5 Å². The third kappa shape index (κ3) is 4.32. The van der Waals surface area contributed by atoms with Crippen molar-refractivity contribution in [1.82, 2.24) is 9.21 Å². The summed E-state index contributed by atoms with van der Waals surface area (Å²) in [6.45, 7) is 2.57. The van der Waals surface area contributed by atoms with Crippen LogP contribution in [0.5, 0.6) is 0 Å². The number of nitrogens with zero attached hydrogens (tertiary/aromatic N) is 2. The second-order valence-corrected chi connectivity index (χ2v) is 8.52. The molecule has 26 heavy (non-hydrogen) atoms. The second kappa shape index (κ2) is 7.74. The number of rotatable bonds is 4. The van der Waals surface area contributed by atoms with Gasteiger partial charge in [-0.25, -0.2) is 8.42 Å². The summed E-state index contributed by atoms with van der Waals surface area (Å²) in [6.07, 6.45) is -4.07. The Balaban J connectivity index is 2.19. The zero-order valence-electron chi connectivity index (χ0n) is 14.4. The molecule has 146 valence electrons. The number of alkyl halides is 3. The number of piperidine rings is 1. The summed E-state index contributed by atoms with van der Waals surface area (Å²) in [6, 6.07) is 2.55. The monoisotopic (exact) mass is 412 g/mol. The number of hydrogen-bond donors (Lipinski definition) is 0. The van der Waals surface area contributed by atoms with Crippen molar-refractivity contribution < 1.29 is 26.4 Å². The molecule has 0 N–H and O–H groups in total. The molecule has 0 saturated carbocycles. The quantitative estimate of drug-likeness (QED) is 0.762. The Bertz CT molecular complexity index is 775. The highest BCUT2D eigenvalue weighted by molar-refractivity contribution is 7.89. The number of carbonyl (C=O) groups excluding carboxylic acids is 1. The van der Waals surface area contributed by atoms with Crippen LogP contribution in [0.15, 0.2) is 23.1 Å². The maximum atomic E-state index is 13.0. The molecule has 0 aliphatic carbocycles. The molecule has 0 unspecified atom stereocenters. The minimum atomic E-state index is -4.74. The standard InChI is InChI=1S/C16H20ClF3N2O3S/c1-3-21(2)15(23)11-6-8-22(9-7-11)26(24,25)12-4-5-14(17)13(10-12)16(18,19)20/h4-5,10-11H,3,6-9H2,1-2H3. The third-order valence-corrected chi connectivity index (χ3v) is 6.76. The number of hydrogen-bond acceptors (Lipinski definition) is 3. The molecule has 0 radical (unpaired) electrons. The Labute approximate surface area is 155 Å². The van der Waals surface area contributed by atoms with Gasteiger partial charge in [0.05, 0.1) is 15.5 Å². The Morgan fingerprint density at radius 1 is 1.31 bits per heavy atom. The van der Waals surface area contributed by atoms with Crippen molar-refractivity contribution in [1.29, 1.82) is 0 Å². The molecule has 0 aromatic heterocycles. The van der Waals surface area contributed by atoms with Crippen LogP contribution in [-0.2, 0) is 21.0 Å². The molecule has 1 aliphatic heterocycles. The second-order valence-electron chi connectivity index (χ2n) is 6.17.